The van der Waals surface area contributed by atoms with Crippen molar-refractivity contribution in [2.75, 3.05) is 37.5 Å². The third-order valence-corrected chi connectivity index (χ3v) is 4.66. The highest BCUT2D eigenvalue weighted by Crippen LogP contribution is 2.31. The Labute approximate surface area is 190 Å². The number of carbonyl (C=O) groups excluding carboxylic acids is 1. The molecule has 0 aliphatic heterocycles. The molecule has 0 fully saturated rings. The van der Waals surface area contributed by atoms with Crippen LogP contribution in [0.3, 0.4) is 0 Å². The average Bonchev–Trinajstić information content (AvgIpc) is 2.76. The summed E-state index contributed by atoms with van der Waals surface area (Å²) in [6.07, 6.45) is 1.56. The van der Waals surface area contributed by atoms with Crippen molar-refractivity contribution in [2.45, 2.75) is 25.9 Å². The molecule has 3 aromatic rings. The summed E-state index contributed by atoms with van der Waals surface area (Å²) in [6, 6.07) is 9.54. The van der Waals surface area contributed by atoms with Crippen LogP contribution in [0.1, 0.15) is 20.3 Å². The summed E-state index contributed by atoms with van der Waals surface area (Å²) in [6.45, 7) is 3.68. The maximum Gasteiger partial charge on any atom is 0.319 e. The minimum absolute atomic E-state index is 0.0825. The van der Waals surface area contributed by atoms with Crippen LogP contribution >= 0.6 is 0 Å². The largest absolute Gasteiger partial charge is 0.488 e. The van der Waals surface area contributed by atoms with E-state index in [0.29, 0.717) is 23.5 Å². The van der Waals surface area contributed by atoms with Gasteiger partial charge in [-0.1, -0.05) is 0 Å². The second kappa shape index (κ2) is 10.9. The first-order chi connectivity index (χ1) is 15.8. The molecule has 0 aliphatic carbocycles. The molecule has 8 nitrogen and oxygen atoms in total. The highest BCUT2D eigenvalue weighted by atomic mass is 19.1. The van der Waals surface area contributed by atoms with Gasteiger partial charge in [-0.25, -0.2) is 23.5 Å². The number of amides is 2. The molecular formula is C23H27F2N5O3. The van der Waals surface area contributed by atoms with Gasteiger partial charge in [0.25, 0.3) is 0 Å². The topological polar surface area (TPSA) is 97.4 Å². The minimum atomic E-state index is -1.35. The number of methoxy groups -OCH3 is 1. The number of ether oxygens (including phenoxy) is 2. The summed E-state index contributed by atoms with van der Waals surface area (Å²) in [4.78, 5) is 20.2. The highest BCUT2D eigenvalue weighted by Gasteiger charge is 2.16. The maximum absolute atomic E-state index is 15.1. The van der Waals surface area contributed by atoms with Gasteiger partial charge in [0.15, 0.2) is 11.6 Å². The SMILES string of the molecule is COCCOc1ccc2ncnc(Nc3ccc(NC(=O)NCCC(C)(C)F)cc3)c2c1F. The molecular weight excluding hydrogens is 432 g/mol. The summed E-state index contributed by atoms with van der Waals surface area (Å²) in [5.74, 6) is -0.209. The molecule has 0 aliphatic rings. The number of hydrogen-bond acceptors (Lipinski definition) is 6. The smallest absolute Gasteiger partial charge is 0.319 e. The van der Waals surface area contributed by atoms with Crippen molar-refractivity contribution in [3.8, 4) is 5.75 Å². The number of fused-ring (bicyclic) bond motifs is 1. The summed E-state index contributed by atoms with van der Waals surface area (Å²) >= 11 is 0. The fourth-order valence-corrected chi connectivity index (χ4v) is 2.96. The first-order valence-corrected chi connectivity index (χ1v) is 10.4. The van der Waals surface area contributed by atoms with Gasteiger partial charge in [-0.2, -0.15) is 0 Å². The van der Waals surface area contributed by atoms with Gasteiger partial charge in [-0.05, 0) is 56.7 Å². The molecule has 0 atom stereocenters. The minimum Gasteiger partial charge on any atom is -0.488 e. The molecule has 0 unspecified atom stereocenters. The van der Waals surface area contributed by atoms with Crippen molar-refractivity contribution >= 4 is 34.1 Å². The van der Waals surface area contributed by atoms with Crippen LogP contribution in [0.2, 0.25) is 0 Å². The Hall–Kier alpha value is -3.53. The number of hydrogen-bond donors (Lipinski definition) is 3. The maximum atomic E-state index is 15.1. The van der Waals surface area contributed by atoms with Crippen LogP contribution < -0.4 is 20.7 Å². The Balaban J connectivity index is 1.68. The van der Waals surface area contributed by atoms with E-state index in [4.69, 9.17) is 9.47 Å². The van der Waals surface area contributed by atoms with Crippen molar-refractivity contribution in [3.63, 3.8) is 0 Å². The summed E-state index contributed by atoms with van der Waals surface area (Å²) in [5, 5.41) is 8.56. The van der Waals surface area contributed by atoms with Crippen LogP contribution in [0.4, 0.5) is 30.8 Å². The zero-order valence-corrected chi connectivity index (χ0v) is 18.7. The lowest BCUT2D eigenvalue weighted by Crippen LogP contribution is -2.32. The molecule has 10 heteroatoms. The van der Waals surface area contributed by atoms with Crippen LogP contribution in [0.15, 0.2) is 42.7 Å². The molecule has 0 radical (unpaired) electrons. The van der Waals surface area contributed by atoms with E-state index in [-0.39, 0.29) is 36.5 Å². The quantitative estimate of drug-likeness (QED) is 0.377. The van der Waals surface area contributed by atoms with E-state index >= 15 is 4.39 Å². The van der Waals surface area contributed by atoms with Gasteiger partial charge in [0, 0.05) is 25.0 Å². The number of nitrogens with one attached hydrogen (secondary N) is 3. The molecule has 176 valence electrons. The molecule has 33 heavy (non-hydrogen) atoms. The number of nitrogens with zero attached hydrogens (tertiary/aromatic N) is 2. The molecule has 1 heterocycles. The lowest BCUT2D eigenvalue weighted by Gasteiger charge is -2.14. The fraction of sp³-hybridized carbons (Fsp3) is 0.348. The molecule has 0 spiro atoms. The number of aromatic nitrogens is 2. The van der Waals surface area contributed by atoms with Gasteiger partial charge in [0.05, 0.1) is 17.5 Å². The molecule has 0 bridgehead atoms. The van der Waals surface area contributed by atoms with Crippen LogP contribution in [0.25, 0.3) is 10.9 Å². The molecule has 2 aromatic carbocycles. The number of halogens is 2. The van der Waals surface area contributed by atoms with E-state index in [9.17, 15) is 9.18 Å². The summed E-state index contributed by atoms with van der Waals surface area (Å²) in [7, 11) is 1.54. The predicted octanol–water partition coefficient (Wildman–Crippen LogP) is 4.80. The van der Waals surface area contributed by atoms with E-state index in [1.807, 2.05) is 0 Å². The van der Waals surface area contributed by atoms with Gasteiger partial charge in [-0.15, -0.1) is 0 Å². The normalized spacial score (nSPS) is 11.3. The van der Waals surface area contributed by atoms with E-state index in [2.05, 4.69) is 25.9 Å². The first-order valence-electron chi connectivity index (χ1n) is 10.4. The number of carbonyl (C=O) groups is 1. The van der Waals surface area contributed by atoms with Crippen molar-refractivity contribution < 1.29 is 23.0 Å². The van der Waals surface area contributed by atoms with Gasteiger partial charge in [0.2, 0.25) is 0 Å². The number of alkyl halides is 1. The zero-order chi connectivity index (χ0) is 23.8. The summed E-state index contributed by atoms with van der Waals surface area (Å²) in [5.41, 5.74) is 0.257. The number of urea groups is 1. The summed E-state index contributed by atoms with van der Waals surface area (Å²) < 4.78 is 38.9. The van der Waals surface area contributed by atoms with Crippen molar-refractivity contribution in [3.05, 3.63) is 48.5 Å². The van der Waals surface area contributed by atoms with Gasteiger partial charge in [-0.3, -0.25) is 0 Å². The zero-order valence-electron chi connectivity index (χ0n) is 18.7. The lowest BCUT2D eigenvalue weighted by molar-refractivity contribution is 0.144. The van der Waals surface area contributed by atoms with E-state index in [1.165, 1.54) is 33.4 Å². The molecule has 1 aromatic heterocycles. The molecule has 0 saturated carbocycles. The Morgan fingerprint density at radius 3 is 2.48 bits per heavy atom. The number of rotatable bonds is 10. The second-order valence-corrected chi connectivity index (χ2v) is 7.89. The molecule has 3 N–H and O–H groups in total. The van der Waals surface area contributed by atoms with Crippen molar-refractivity contribution in [2.24, 2.45) is 0 Å². The lowest BCUT2D eigenvalue weighted by atomic mass is 10.1. The van der Waals surface area contributed by atoms with Crippen LogP contribution in [0, 0.1) is 5.82 Å². The van der Waals surface area contributed by atoms with Crippen LogP contribution in [-0.4, -0.2) is 48.5 Å². The third-order valence-electron chi connectivity index (χ3n) is 4.66. The Bertz CT molecular complexity index is 1090. The molecule has 2 amide bonds. The van der Waals surface area contributed by atoms with Gasteiger partial charge < -0.3 is 25.4 Å². The number of anilines is 3. The standard InChI is InChI=1S/C23H27F2N5O3/c1-23(2,25)10-11-26-22(31)30-16-6-4-15(5-7-16)29-21-19-17(27-14-28-21)8-9-18(20(19)24)33-13-12-32-3/h4-9,14H,10-13H2,1-3H3,(H2,26,30,31)(H,27,28,29). The number of benzene rings is 2. The Morgan fingerprint density at radius 1 is 1.06 bits per heavy atom. The third kappa shape index (κ3) is 6.98. The Morgan fingerprint density at radius 2 is 1.79 bits per heavy atom. The predicted molar refractivity (Wildman–Crippen MR) is 123 cm³/mol. The van der Waals surface area contributed by atoms with Crippen LogP contribution in [0.5, 0.6) is 5.75 Å². The van der Waals surface area contributed by atoms with Gasteiger partial charge in [0.1, 0.15) is 24.4 Å². The first kappa shape index (κ1) is 24.1. The van der Waals surface area contributed by atoms with Gasteiger partial charge >= 0.3 is 6.03 Å². The average molecular weight is 459 g/mol. The van der Waals surface area contributed by atoms with E-state index in [1.54, 1.807) is 30.3 Å². The Kier molecular flexibility index (Phi) is 7.94. The highest BCUT2D eigenvalue weighted by molar-refractivity contribution is 5.93. The monoisotopic (exact) mass is 459 g/mol. The molecule has 0 saturated heterocycles. The fourth-order valence-electron chi connectivity index (χ4n) is 2.96. The van der Waals surface area contributed by atoms with E-state index < -0.39 is 17.5 Å². The van der Waals surface area contributed by atoms with Crippen molar-refractivity contribution in [1.29, 1.82) is 0 Å². The van der Waals surface area contributed by atoms with E-state index in [0.717, 1.165) is 0 Å². The second-order valence-electron chi connectivity index (χ2n) is 7.89. The van der Waals surface area contributed by atoms with Crippen molar-refractivity contribution in [1.82, 2.24) is 15.3 Å². The van der Waals surface area contributed by atoms with Crippen LogP contribution in [-0.2, 0) is 4.74 Å². The molecule has 3 rings (SSSR count).